The van der Waals surface area contributed by atoms with Crippen LogP contribution in [0.4, 0.5) is 0 Å². The Morgan fingerprint density at radius 2 is 1.61 bits per heavy atom. The molecule has 31 heavy (non-hydrogen) atoms. The Morgan fingerprint density at radius 3 is 2.19 bits per heavy atom. The molecular weight excluding hydrogens is 390 g/mol. The molecule has 0 amide bonds. The number of nitro groups is 1. The predicted octanol–water partition coefficient (Wildman–Crippen LogP) is 7.48. The summed E-state index contributed by atoms with van der Waals surface area (Å²) in [5, 5.41) is 22.0. The van der Waals surface area contributed by atoms with Gasteiger partial charge in [-0.15, -0.1) is 0 Å². The molecule has 1 unspecified atom stereocenters. The van der Waals surface area contributed by atoms with Crippen LogP contribution < -0.4 is 4.74 Å². The van der Waals surface area contributed by atoms with Gasteiger partial charge in [0.05, 0.1) is 4.92 Å². The molecule has 1 atom stereocenters. The molecule has 1 aromatic carbocycles. The molecule has 0 radical (unpaired) electrons. The molecule has 1 aliphatic rings. The van der Waals surface area contributed by atoms with E-state index >= 15 is 0 Å². The second kappa shape index (κ2) is 11.5. The molecule has 5 heteroatoms. The molecule has 1 N–H and O–H groups in total. The van der Waals surface area contributed by atoms with Gasteiger partial charge in [0.25, 0.3) is 0 Å². The highest BCUT2D eigenvalue weighted by Gasteiger charge is 2.35. The number of phenolic OH excluding ortho intramolecular Hbond substituents is 1. The zero-order valence-electron chi connectivity index (χ0n) is 20.2. The lowest BCUT2D eigenvalue weighted by Crippen LogP contribution is -2.36. The zero-order valence-corrected chi connectivity index (χ0v) is 20.2. The van der Waals surface area contributed by atoms with Gasteiger partial charge >= 0.3 is 0 Å². The summed E-state index contributed by atoms with van der Waals surface area (Å²) in [5.41, 5.74) is 3.17. The molecule has 1 heterocycles. The third kappa shape index (κ3) is 6.72. The summed E-state index contributed by atoms with van der Waals surface area (Å²) in [7, 11) is 0. The smallest absolute Gasteiger partial charge is 0.246 e. The molecule has 0 saturated heterocycles. The molecule has 174 valence electrons. The average Bonchev–Trinajstić information content (AvgIpc) is 2.74. The second-order valence-electron chi connectivity index (χ2n) is 9.42. The number of unbranched alkanes of at least 4 members (excludes halogenated alkanes) is 8. The Kier molecular flexibility index (Phi) is 9.39. The molecule has 0 aliphatic carbocycles. The van der Waals surface area contributed by atoms with Gasteiger partial charge in [-0.1, -0.05) is 58.3 Å². The third-order valence-corrected chi connectivity index (χ3v) is 6.79. The van der Waals surface area contributed by atoms with Gasteiger partial charge in [-0.25, -0.2) is 0 Å². The monoisotopic (exact) mass is 431 g/mol. The molecule has 1 aromatic rings. The van der Waals surface area contributed by atoms with Crippen molar-refractivity contribution in [2.24, 2.45) is 0 Å². The van der Waals surface area contributed by atoms with E-state index in [0.29, 0.717) is 18.6 Å². The van der Waals surface area contributed by atoms with Gasteiger partial charge in [-0.2, -0.15) is 0 Å². The fourth-order valence-electron chi connectivity index (χ4n) is 4.55. The van der Waals surface area contributed by atoms with Crippen LogP contribution in [0.1, 0.15) is 107 Å². The maximum absolute atomic E-state index is 11.7. The number of ether oxygens (including phenoxy) is 1. The SMILES string of the molecule is CCCCCCCCCCC/C(=C\C1(C)CCc2c(C)c(O)c(C)c(C)c2O1)[N+](=O)[O-]. The first-order chi connectivity index (χ1) is 14.7. The van der Waals surface area contributed by atoms with Crippen LogP contribution in [0.15, 0.2) is 11.8 Å². The summed E-state index contributed by atoms with van der Waals surface area (Å²) in [4.78, 5) is 11.5. The molecule has 0 fully saturated rings. The molecule has 0 saturated carbocycles. The third-order valence-electron chi connectivity index (χ3n) is 6.79. The van der Waals surface area contributed by atoms with Crippen LogP contribution in [0.25, 0.3) is 0 Å². The maximum atomic E-state index is 11.7. The fraction of sp³-hybridized carbons (Fsp3) is 0.692. The van der Waals surface area contributed by atoms with Crippen LogP contribution in [0, 0.1) is 30.9 Å². The number of nitrogens with zero attached hydrogens (tertiary/aromatic N) is 1. The summed E-state index contributed by atoms with van der Waals surface area (Å²) in [5.74, 6) is 1.11. The minimum absolute atomic E-state index is 0.241. The number of fused-ring (bicyclic) bond motifs is 1. The number of aromatic hydroxyl groups is 1. The number of hydrogen-bond acceptors (Lipinski definition) is 4. The van der Waals surface area contributed by atoms with E-state index in [1.165, 1.54) is 38.5 Å². The van der Waals surface area contributed by atoms with Crippen molar-refractivity contribution >= 4 is 0 Å². The standard InChI is InChI=1S/C26H41NO4/c1-6-7-8-9-10-11-12-13-14-15-22(27(29)30)18-26(5)17-16-23-21(4)24(28)19(2)20(3)25(23)31-26/h18,28H,6-17H2,1-5H3/b22-18+. The van der Waals surface area contributed by atoms with Crippen LogP contribution in [-0.2, 0) is 6.42 Å². The van der Waals surface area contributed by atoms with Gasteiger partial charge in [-0.3, -0.25) is 10.1 Å². The second-order valence-corrected chi connectivity index (χ2v) is 9.42. The van der Waals surface area contributed by atoms with E-state index in [0.717, 1.165) is 53.7 Å². The van der Waals surface area contributed by atoms with Crippen LogP contribution >= 0.6 is 0 Å². The van der Waals surface area contributed by atoms with Crippen molar-refractivity contribution < 1.29 is 14.8 Å². The number of rotatable bonds is 12. The van der Waals surface area contributed by atoms with E-state index in [9.17, 15) is 15.2 Å². The van der Waals surface area contributed by atoms with Gasteiger partial charge in [-0.05, 0) is 63.6 Å². The zero-order chi connectivity index (χ0) is 23.0. The first-order valence-corrected chi connectivity index (χ1v) is 12.1. The molecule has 0 spiro atoms. The molecule has 1 aliphatic heterocycles. The van der Waals surface area contributed by atoms with E-state index in [-0.39, 0.29) is 10.6 Å². The van der Waals surface area contributed by atoms with E-state index in [2.05, 4.69) is 6.92 Å². The number of hydrogen-bond donors (Lipinski definition) is 1. The molecule has 0 aromatic heterocycles. The van der Waals surface area contributed by atoms with Gasteiger partial charge in [0.2, 0.25) is 5.70 Å². The van der Waals surface area contributed by atoms with Crippen LogP contribution in [0.2, 0.25) is 0 Å². The van der Waals surface area contributed by atoms with Crippen molar-refractivity contribution in [2.45, 2.75) is 117 Å². The van der Waals surface area contributed by atoms with Crippen molar-refractivity contribution in [3.63, 3.8) is 0 Å². The average molecular weight is 432 g/mol. The van der Waals surface area contributed by atoms with Crippen molar-refractivity contribution in [3.05, 3.63) is 44.1 Å². The minimum Gasteiger partial charge on any atom is -0.507 e. The van der Waals surface area contributed by atoms with E-state index in [1.807, 2.05) is 27.7 Å². The Morgan fingerprint density at radius 1 is 1.03 bits per heavy atom. The largest absolute Gasteiger partial charge is 0.507 e. The van der Waals surface area contributed by atoms with Gasteiger partial charge in [0, 0.05) is 18.1 Å². The first kappa shape index (κ1) is 25.2. The summed E-state index contributed by atoms with van der Waals surface area (Å²) in [6, 6.07) is 0. The molecule has 0 bridgehead atoms. The van der Waals surface area contributed by atoms with E-state index < -0.39 is 5.60 Å². The Labute approximate surface area is 188 Å². The normalized spacial score (nSPS) is 18.5. The van der Waals surface area contributed by atoms with Crippen LogP contribution in [-0.4, -0.2) is 15.6 Å². The fourth-order valence-corrected chi connectivity index (χ4v) is 4.55. The molecule has 5 nitrogen and oxygen atoms in total. The molecular formula is C26H41NO4. The van der Waals surface area contributed by atoms with Crippen LogP contribution in [0.5, 0.6) is 11.5 Å². The number of benzene rings is 1. The summed E-state index contributed by atoms with van der Waals surface area (Å²) in [6.07, 6.45) is 14.4. The topological polar surface area (TPSA) is 72.6 Å². The Bertz CT molecular complexity index is 799. The molecule has 2 rings (SSSR count). The lowest BCUT2D eigenvalue weighted by molar-refractivity contribution is -0.429. The van der Waals surface area contributed by atoms with Gasteiger partial charge in [0.15, 0.2) is 0 Å². The Hall–Kier alpha value is -2.04. The summed E-state index contributed by atoms with van der Waals surface area (Å²) >= 11 is 0. The van der Waals surface area contributed by atoms with E-state index in [4.69, 9.17) is 4.74 Å². The summed E-state index contributed by atoms with van der Waals surface area (Å²) < 4.78 is 6.35. The Balaban J connectivity index is 1.97. The summed E-state index contributed by atoms with van der Waals surface area (Å²) in [6.45, 7) is 9.91. The number of allylic oxidation sites excluding steroid dienone is 1. The lowest BCUT2D eigenvalue weighted by Gasteiger charge is -2.35. The highest BCUT2D eigenvalue weighted by Crippen LogP contribution is 2.43. The van der Waals surface area contributed by atoms with Crippen molar-refractivity contribution in [1.29, 1.82) is 0 Å². The van der Waals surface area contributed by atoms with Crippen LogP contribution in [0.3, 0.4) is 0 Å². The van der Waals surface area contributed by atoms with Gasteiger partial charge < -0.3 is 9.84 Å². The van der Waals surface area contributed by atoms with E-state index in [1.54, 1.807) is 6.08 Å². The minimum atomic E-state index is -0.699. The van der Waals surface area contributed by atoms with Crippen molar-refractivity contribution in [2.75, 3.05) is 0 Å². The quantitative estimate of drug-likeness (QED) is 0.211. The predicted molar refractivity (Wildman–Crippen MR) is 127 cm³/mol. The van der Waals surface area contributed by atoms with Gasteiger partial charge in [0.1, 0.15) is 17.1 Å². The highest BCUT2D eigenvalue weighted by atomic mass is 16.6. The van der Waals surface area contributed by atoms with Crippen molar-refractivity contribution in [3.8, 4) is 11.5 Å². The first-order valence-electron chi connectivity index (χ1n) is 12.1. The highest BCUT2D eigenvalue weighted by molar-refractivity contribution is 5.58. The van der Waals surface area contributed by atoms with Crippen molar-refractivity contribution in [1.82, 2.24) is 0 Å². The number of phenols is 1. The maximum Gasteiger partial charge on any atom is 0.246 e. The lowest BCUT2D eigenvalue weighted by atomic mass is 9.86.